The van der Waals surface area contributed by atoms with Crippen LogP contribution in [0.25, 0.3) is 27.9 Å². The summed E-state index contributed by atoms with van der Waals surface area (Å²) in [5.74, 6) is 0.597. The van der Waals surface area contributed by atoms with Crippen molar-refractivity contribution >= 4 is 16.5 Å². The van der Waals surface area contributed by atoms with Gasteiger partial charge < -0.3 is 15.3 Å². The number of nitrogens with zero attached hydrogens (tertiary/aromatic N) is 2. The average Bonchev–Trinajstić information content (AvgIpc) is 2.81. The zero-order chi connectivity index (χ0) is 24.9. The van der Waals surface area contributed by atoms with E-state index < -0.39 is 11.8 Å². The number of para-hydroxylation sites is 1. The molecule has 0 spiro atoms. The third kappa shape index (κ3) is 6.00. The summed E-state index contributed by atoms with van der Waals surface area (Å²) >= 11 is 0. The van der Waals surface area contributed by atoms with Crippen LogP contribution in [0.1, 0.15) is 64.1 Å². The molecule has 182 valence electrons. The molecule has 3 atom stereocenters. The Hall–Kier alpha value is -2.80. The number of benzene rings is 2. The van der Waals surface area contributed by atoms with E-state index in [0.717, 1.165) is 47.0 Å². The maximum absolute atomic E-state index is 10.5. The highest BCUT2D eigenvalue weighted by atomic mass is 16.4. The summed E-state index contributed by atoms with van der Waals surface area (Å²) in [5, 5.41) is 35.4. The standard InChI is InChI=1S/C28H37N3O3/c1-6-10-20(29-27(33)28(5,34)7-2)15-14-19(4)25-21-16-13-18(3)17-23(21)30-26(31-25)22-11-8-9-12-24(22)32/h8-9,11-13,16-17,20,27,29,32-34H,4,6-7,10,14-15H2,1-3,5H3. The Morgan fingerprint density at radius 2 is 1.85 bits per heavy atom. The molecule has 3 aromatic rings. The molecule has 1 aromatic heterocycles. The van der Waals surface area contributed by atoms with Crippen LogP contribution >= 0.6 is 0 Å². The van der Waals surface area contributed by atoms with E-state index in [4.69, 9.17) is 9.97 Å². The molecule has 0 radical (unpaired) electrons. The summed E-state index contributed by atoms with van der Waals surface area (Å²) in [5.41, 5.74) is 2.93. The lowest BCUT2D eigenvalue weighted by Crippen LogP contribution is -2.52. The Morgan fingerprint density at radius 3 is 2.53 bits per heavy atom. The minimum atomic E-state index is -1.18. The maximum Gasteiger partial charge on any atom is 0.164 e. The van der Waals surface area contributed by atoms with Crippen molar-refractivity contribution in [3.63, 3.8) is 0 Å². The fourth-order valence-electron chi connectivity index (χ4n) is 4.01. The fraction of sp³-hybridized carbons (Fsp3) is 0.429. The summed E-state index contributed by atoms with van der Waals surface area (Å²) in [4.78, 5) is 9.54. The molecule has 2 aromatic carbocycles. The number of aromatic nitrogens is 2. The summed E-state index contributed by atoms with van der Waals surface area (Å²) in [7, 11) is 0. The first-order valence-corrected chi connectivity index (χ1v) is 12.1. The van der Waals surface area contributed by atoms with Gasteiger partial charge in [0.1, 0.15) is 17.6 Å². The van der Waals surface area contributed by atoms with Crippen LogP contribution in [0.2, 0.25) is 0 Å². The number of aromatic hydroxyl groups is 1. The van der Waals surface area contributed by atoms with Crippen molar-refractivity contribution in [3.8, 4) is 17.1 Å². The summed E-state index contributed by atoms with van der Waals surface area (Å²) in [6, 6.07) is 13.2. The van der Waals surface area contributed by atoms with Crippen molar-refractivity contribution in [2.24, 2.45) is 0 Å². The highest BCUT2D eigenvalue weighted by Gasteiger charge is 2.29. The van der Waals surface area contributed by atoms with E-state index in [1.54, 1.807) is 25.1 Å². The van der Waals surface area contributed by atoms with Gasteiger partial charge in [0, 0.05) is 11.4 Å². The van der Waals surface area contributed by atoms with Crippen molar-refractivity contribution in [2.75, 3.05) is 0 Å². The number of hydrogen-bond acceptors (Lipinski definition) is 6. The van der Waals surface area contributed by atoms with Crippen molar-refractivity contribution in [1.29, 1.82) is 0 Å². The van der Waals surface area contributed by atoms with Crippen LogP contribution in [0.3, 0.4) is 0 Å². The summed E-state index contributed by atoms with van der Waals surface area (Å²) < 4.78 is 0. The lowest BCUT2D eigenvalue weighted by molar-refractivity contribution is -0.0851. The van der Waals surface area contributed by atoms with E-state index in [9.17, 15) is 15.3 Å². The normalized spacial score (nSPS) is 15.1. The minimum Gasteiger partial charge on any atom is -0.507 e. The smallest absolute Gasteiger partial charge is 0.164 e. The van der Waals surface area contributed by atoms with Crippen LogP contribution in [-0.2, 0) is 0 Å². The fourth-order valence-corrected chi connectivity index (χ4v) is 4.01. The van der Waals surface area contributed by atoms with Gasteiger partial charge in [-0.25, -0.2) is 9.97 Å². The van der Waals surface area contributed by atoms with E-state index in [-0.39, 0.29) is 11.8 Å². The van der Waals surface area contributed by atoms with Gasteiger partial charge >= 0.3 is 0 Å². The highest BCUT2D eigenvalue weighted by molar-refractivity contribution is 5.91. The topological polar surface area (TPSA) is 98.5 Å². The number of nitrogens with one attached hydrogen (secondary N) is 1. The molecule has 3 rings (SSSR count). The number of fused-ring (bicyclic) bond motifs is 1. The van der Waals surface area contributed by atoms with Crippen LogP contribution < -0.4 is 5.32 Å². The van der Waals surface area contributed by atoms with Crippen LogP contribution in [0.5, 0.6) is 5.75 Å². The predicted molar refractivity (Wildman–Crippen MR) is 138 cm³/mol. The molecule has 4 N–H and O–H groups in total. The number of allylic oxidation sites excluding steroid dienone is 1. The van der Waals surface area contributed by atoms with Crippen molar-refractivity contribution in [2.45, 2.75) is 77.7 Å². The molecule has 3 unspecified atom stereocenters. The molecule has 0 bridgehead atoms. The first-order valence-electron chi connectivity index (χ1n) is 12.1. The molecule has 0 fully saturated rings. The van der Waals surface area contributed by atoms with Crippen molar-refractivity contribution in [3.05, 3.63) is 60.3 Å². The Balaban J connectivity index is 1.89. The third-order valence-corrected chi connectivity index (χ3v) is 6.46. The molecule has 0 amide bonds. The molecule has 6 heteroatoms. The third-order valence-electron chi connectivity index (χ3n) is 6.46. The molecular weight excluding hydrogens is 426 g/mol. The minimum absolute atomic E-state index is 0.0303. The summed E-state index contributed by atoms with van der Waals surface area (Å²) in [6.07, 6.45) is 2.69. The van der Waals surface area contributed by atoms with Gasteiger partial charge in [0.25, 0.3) is 0 Å². The Morgan fingerprint density at radius 1 is 1.12 bits per heavy atom. The average molecular weight is 464 g/mol. The Labute approximate surface area is 202 Å². The van der Waals surface area contributed by atoms with Gasteiger partial charge in [-0.2, -0.15) is 0 Å². The van der Waals surface area contributed by atoms with E-state index in [1.165, 1.54) is 0 Å². The van der Waals surface area contributed by atoms with Gasteiger partial charge in [0.15, 0.2) is 5.82 Å². The molecule has 6 nitrogen and oxygen atoms in total. The van der Waals surface area contributed by atoms with Gasteiger partial charge in [-0.15, -0.1) is 0 Å². The van der Waals surface area contributed by atoms with E-state index in [1.807, 2.05) is 38.1 Å². The van der Waals surface area contributed by atoms with E-state index >= 15 is 0 Å². The van der Waals surface area contributed by atoms with E-state index in [2.05, 4.69) is 18.8 Å². The Kier molecular flexibility index (Phi) is 8.42. The van der Waals surface area contributed by atoms with Gasteiger partial charge in [0.05, 0.1) is 16.8 Å². The number of hydrogen-bond donors (Lipinski definition) is 4. The molecule has 34 heavy (non-hydrogen) atoms. The number of phenols is 1. The first-order chi connectivity index (χ1) is 16.2. The molecule has 0 aliphatic heterocycles. The lowest BCUT2D eigenvalue weighted by Gasteiger charge is -2.32. The van der Waals surface area contributed by atoms with Crippen LogP contribution in [-0.4, -0.2) is 43.2 Å². The van der Waals surface area contributed by atoms with Crippen LogP contribution in [0.15, 0.2) is 49.0 Å². The number of phenolic OH excluding ortho intramolecular Hbond substituents is 1. The highest BCUT2D eigenvalue weighted by Crippen LogP contribution is 2.32. The molecular formula is C28H37N3O3. The Bertz CT molecular complexity index is 1140. The maximum atomic E-state index is 10.5. The zero-order valence-electron chi connectivity index (χ0n) is 20.7. The first kappa shape index (κ1) is 25.8. The monoisotopic (exact) mass is 463 g/mol. The number of aryl methyl sites for hydroxylation is 1. The summed E-state index contributed by atoms with van der Waals surface area (Å²) in [6.45, 7) is 12.0. The number of rotatable bonds is 11. The van der Waals surface area contributed by atoms with Crippen molar-refractivity contribution in [1.82, 2.24) is 15.3 Å². The molecule has 0 saturated carbocycles. The van der Waals surface area contributed by atoms with Gasteiger partial charge in [-0.3, -0.25) is 5.32 Å². The predicted octanol–water partition coefficient (Wildman–Crippen LogP) is 5.34. The zero-order valence-corrected chi connectivity index (χ0v) is 20.7. The second-order valence-corrected chi connectivity index (χ2v) is 9.34. The number of aliphatic hydroxyl groups excluding tert-OH is 1. The number of aliphatic hydroxyl groups is 2. The van der Waals surface area contributed by atoms with Crippen LogP contribution in [0.4, 0.5) is 0 Å². The largest absolute Gasteiger partial charge is 0.507 e. The SMILES string of the molecule is C=C(CCC(CCC)NC(O)C(C)(O)CC)c1nc(-c2ccccc2O)nc2cc(C)ccc12. The molecule has 0 saturated heterocycles. The second kappa shape index (κ2) is 11.1. The van der Waals surface area contributed by atoms with Gasteiger partial charge in [-0.1, -0.05) is 51.1 Å². The van der Waals surface area contributed by atoms with Crippen molar-refractivity contribution < 1.29 is 15.3 Å². The van der Waals surface area contributed by atoms with Gasteiger partial charge in [0.2, 0.25) is 0 Å². The lowest BCUT2D eigenvalue weighted by atomic mass is 9.96. The molecule has 1 heterocycles. The second-order valence-electron chi connectivity index (χ2n) is 9.34. The van der Waals surface area contributed by atoms with Gasteiger partial charge in [-0.05, 0) is 68.9 Å². The van der Waals surface area contributed by atoms with Crippen LogP contribution in [0, 0.1) is 6.92 Å². The quantitative estimate of drug-likeness (QED) is 0.287. The molecule has 0 aliphatic carbocycles. The van der Waals surface area contributed by atoms with E-state index in [0.29, 0.717) is 24.2 Å². The molecule has 0 aliphatic rings.